The van der Waals surface area contributed by atoms with Crippen molar-refractivity contribution in [2.75, 3.05) is 32.7 Å². The summed E-state index contributed by atoms with van der Waals surface area (Å²) in [5, 5.41) is 1.29. The Balaban J connectivity index is 1.27. The van der Waals surface area contributed by atoms with Gasteiger partial charge in [0, 0.05) is 55.9 Å². The van der Waals surface area contributed by atoms with Crippen molar-refractivity contribution in [3.05, 3.63) is 60.2 Å². The van der Waals surface area contributed by atoms with Crippen molar-refractivity contribution in [2.24, 2.45) is 5.73 Å². The van der Waals surface area contributed by atoms with Crippen LogP contribution in [0.1, 0.15) is 11.3 Å². The van der Waals surface area contributed by atoms with Gasteiger partial charge < -0.3 is 15.1 Å². The molecule has 1 aromatic carbocycles. The number of aromatic amines is 1. The van der Waals surface area contributed by atoms with Gasteiger partial charge in [-0.05, 0) is 30.2 Å². The number of aromatic nitrogens is 1. The molecule has 1 aliphatic rings. The monoisotopic (exact) mass is 338 g/mol. The van der Waals surface area contributed by atoms with Crippen LogP contribution in [0.15, 0.2) is 53.3 Å². The fraction of sp³-hybridized carbons (Fsp3) is 0.400. The summed E-state index contributed by atoms with van der Waals surface area (Å²) in [6, 6.07) is 12.6. The van der Waals surface area contributed by atoms with Gasteiger partial charge in [0.05, 0.1) is 12.8 Å². The third-order valence-corrected chi connectivity index (χ3v) is 5.07. The Bertz CT molecular complexity index is 787. The minimum Gasteiger partial charge on any atom is -0.468 e. The molecule has 2 aromatic heterocycles. The molecule has 0 aliphatic carbocycles. The predicted molar refractivity (Wildman–Crippen MR) is 100 cm³/mol. The lowest BCUT2D eigenvalue weighted by Gasteiger charge is -2.35. The second kappa shape index (κ2) is 7.44. The van der Waals surface area contributed by atoms with Gasteiger partial charge in [0.25, 0.3) is 0 Å². The zero-order valence-electron chi connectivity index (χ0n) is 14.5. The van der Waals surface area contributed by atoms with Gasteiger partial charge in [-0.1, -0.05) is 18.2 Å². The van der Waals surface area contributed by atoms with Crippen LogP contribution < -0.4 is 5.73 Å². The first-order chi connectivity index (χ1) is 12.3. The van der Waals surface area contributed by atoms with Crippen LogP contribution in [0.4, 0.5) is 0 Å². The number of hydrogen-bond donors (Lipinski definition) is 2. The molecule has 3 aromatic rings. The lowest BCUT2D eigenvalue weighted by atomic mass is 10.0. The Morgan fingerprint density at radius 3 is 2.64 bits per heavy atom. The van der Waals surface area contributed by atoms with Crippen LogP contribution in [0.25, 0.3) is 10.9 Å². The van der Waals surface area contributed by atoms with Gasteiger partial charge in [-0.25, -0.2) is 0 Å². The third-order valence-electron chi connectivity index (χ3n) is 5.07. The molecule has 4 rings (SSSR count). The van der Waals surface area contributed by atoms with E-state index in [0.29, 0.717) is 0 Å². The SMILES string of the molecule is N[C@@H](Cc1c[nH]c2ccccc12)CN1CCN(Cc2ccco2)CC1. The van der Waals surface area contributed by atoms with Gasteiger partial charge in [-0.2, -0.15) is 0 Å². The molecule has 1 fully saturated rings. The number of rotatable bonds is 6. The van der Waals surface area contributed by atoms with Gasteiger partial charge in [-0.3, -0.25) is 9.80 Å². The van der Waals surface area contributed by atoms with E-state index >= 15 is 0 Å². The van der Waals surface area contributed by atoms with Crippen LogP contribution in [-0.4, -0.2) is 53.5 Å². The molecule has 132 valence electrons. The summed E-state index contributed by atoms with van der Waals surface area (Å²) in [4.78, 5) is 8.27. The van der Waals surface area contributed by atoms with E-state index in [1.165, 1.54) is 16.5 Å². The Morgan fingerprint density at radius 1 is 1.04 bits per heavy atom. The van der Waals surface area contributed by atoms with Crippen LogP contribution in [0, 0.1) is 0 Å². The molecule has 0 spiro atoms. The van der Waals surface area contributed by atoms with Crippen molar-refractivity contribution < 1.29 is 4.42 Å². The third kappa shape index (κ3) is 3.95. The Morgan fingerprint density at radius 2 is 1.84 bits per heavy atom. The van der Waals surface area contributed by atoms with E-state index in [4.69, 9.17) is 10.2 Å². The summed E-state index contributed by atoms with van der Waals surface area (Å²) < 4.78 is 5.44. The molecule has 0 bridgehead atoms. The molecule has 5 nitrogen and oxygen atoms in total. The van der Waals surface area contributed by atoms with Crippen molar-refractivity contribution in [1.82, 2.24) is 14.8 Å². The summed E-state index contributed by atoms with van der Waals surface area (Å²) in [5.41, 5.74) is 8.96. The summed E-state index contributed by atoms with van der Waals surface area (Å²) >= 11 is 0. The minimum atomic E-state index is 0.163. The molecule has 5 heteroatoms. The minimum absolute atomic E-state index is 0.163. The highest BCUT2D eigenvalue weighted by Crippen LogP contribution is 2.19. The number of benzene rings is 1. The maximum Gasteiger partial charge on any atom is 0.117 e. The molecular weight excluding hydrogens is 312 g/mol. The molecule has 0 saturated carbocycles. The number of para-hydroxylation sites is 1. The fourth-order valence-corrected chi connectivity index (χ4v) is 3.73. The predicted octanol–water partition coefficient (Wildman–Crippen LogP) is 2.45. The molecule has 0 amide bonds. The van der Waals surface area contributed by atoms with E-state index in [2.05, 4.69) is 45.2 Å². The van der Waals surface area contributed by atoms with Crippen molar-refractivity contribution in [1.29, 1.82) is 0 Å². The fourth-order valence-electron chi connectivity index (χ4n) is 3.73. The number of fused-ring (bicyclic) bond motifs is 1. The van der Waals surface area contributed by atoms with E-state index < -0.39 is 0 Å². The number of nitrogens with two attached hydrogens (primary N) is 1. The maximum absolute atomic E-state index is 6.45. The summed E-state index contributed by atoms with van der Waals surface area (Å²) in [6.45, 7) is 6.14. The number of hydrogen-bond acceptors (Lipinski definition) is 4. The van der Waals surface area contributed by atoms with E-state index in [1.807, 2.05) is 12.1 Å². The van der Waals surface area contributed by atoms with Gasteiger partial charge in [0.15, 0.2) is 0 Å². The van der Waals surface area contributed by atoms with Crippen LogP contribution in [-0.2, 0) is 13.0 Å². The number of nitrogens with one attached hydrogen (secondary N) is 1. The van der Waals surface area contributed by atoms with Gasteiger partial charge >= 0.3 is 0 Å². The van der Waals surface area contributed by atoms with Crippen LogP contribution in [0.5, 0.6) is 0 Å². The first-order valence-electron chi connectivity index (χ1n) is 9.05. The molecule has 0 radical (unpaired) electrons. The largest absolute Gasteiger partial charge is 0.468 e. The highest BCUT2D eigenvalue weighted by atomic mass is 16.3. The Kier molecular flexibility index (Phi) is 4.88. The Hall–Kier alpha value is -2.08. The smallest absolute Gasteiger partial charge is 0.117 e. The molecule has 25 heavy (non-hydrogen) atoms. The van der Waals surface area contributed by atoms with Gasteiger partial charge in [0.1, 0.15) is 5.76 Å². The maximum atomic E-state index is 6.45. The van der Waals surface area contributed by atoms with Crippen molar-refractivity contribution in [3.63, 3.8) is 0 Å². The zero-order valence-corrected chi connectivity index (χ0v) is 14.5. The van der Waals surface area contributed by atoms with E-state index in [-0.39, 0.29) is 6.04 Å². The van der Waals surface area contributed by atoms with E-state index in [0.717, 1.165) is 51.4 Å². The van der Waals surface area contributed by atoms with Crippen LogP contribution in [0.2, 0.25) is 0 Å². The quantitative estimate of drug-likeness (QED) is 0.725. The van der Waals surface area contributed by atoms with Gasteiger partial charge in [0.2, 0.25) is 0 Å². The first-order valence-corrected chi connectivity index (χ1v) is 9.05. The molecular formula is C20H26N4O. The Labute approximate surface area is 148 Å². The van der Waals surface area contributed by atoms with Crippen molar-refractivity contribution >= 4 is 10.9 Å². The van der Waals surface area contributed by atoms with Crippen molar-refractivity contribution in [3.8, 4) is 0 Å². The van der Waals surface area contributed by atoms with Crippen LogP contribution >= 0.6 is 0 Å². The summed E-state index contributed by atoms with van der Waals surface area (Å²) in [6.07, 6.45) is 4.76. The summed E-state index contributed by atoms with van der Waals surface area (Å²) in [7, 11) is 0. The standard InChI is InChI=1S/C20H26N4O/c21-17(12-16-13-22-20-6-2-1-5-19(16)20)14-23-7-9-24(10-8-23)15-18-4-3-11-25-18/h1-6,11,13,17,22H,7-10,12,14-15,21H2/t17-/m0/s1. The molecule has 0 unspecified atom stereocenters. The number of furan rings is 1. The number of piperazine rings is 1. The second-order valence-corrected chi connectivity index (χ2v) is 6.98. The average Bonchev–Trinajstić information content (AvgIpc) is 3.27. The second-order valence-electron chi connectivity index (χ2n) is 6.98. The van der Waals surface area contributed by atoms with Gasteiger partial charge in [-0.15, -0.1) is 0 Å². The highest BCUT2D eigenvalue weighted by Gasteiger charge is 2.20. The van der Waals surface area contributed by atoms with Crippen LogP contribution in [0.3, 0.4) is 0 Å². The number of nitrogens with zero attached hydrogens (tertiary/aromatic N) is 2. The van der Waals surface area contributed by atoms with E-state index in [9.17, 15) is 0 Å². The molecule has 3 N–H and O–H groups in total. The zero-order chi connectivity index (χ0) is 17.1. The first kappa shape index (κ1) is 16.4. The molecule has 1 atom stereocenters. The molecule has 1 saturated heterocycles. The molecule has 1 aliphatic heterocycles. The highest BCUT2D eigenvalue weighted by molar-refractivity contribution is 5.83. The number of H-pyrrole nitrogens is 1. The van der Waals surface area contributed by atoms with E-state index in [1.54, 1.807) is 6.26 Å². The molecule has 3 heterocycles. The normalized spacial score (nSPS) is 18.0. The van der Waals surface area contributed by atoms with Crippen molar-refractivity contribution in [2.45, 2.75) is 19.0 Å². The summed E-state index contributed by atoms with van der Waals surface area (Å²) in [5.74, 6) is 1.05. The topological polar surface area (TPSA) is 61.4 Å². The average molecular weight is 338 g/mol. The lowest BCUT2D eigenvalue weighted by Crippen LogP contribution is -2.49. The lowest BCUT2D eigenvalue weighted by molar-refractivity contribution is 0.116.